The number of allylic oxidation sites excluding steroid dienone is 1. The van der Waals surface area contributed by atoms with Gasteiger partial charge in [-0.3, -0.25) is 4.79 Å². The van der Waals surface area contributed by atoms with Crippen LogP contribution in [0.5, 0.6) is 11.5 Å². The van der Waals surface area contributed by atoms with Crippen molar-refractivity contribution in [2.45, 2.75) is 0 Å². The van der Waals surface area contributed by atoms with Gasteiger partial charge in [-0.15, -0.1) is 0 Å². The summed E-state index contributed by atoms with van der Waals surface area (Å²) in [7, 11) is 0. The van der Waals surface area contributed by atoms with E-state index in [0.29, 0.717) is 77.6 Å². The molecular formula is C19H26O7. The first-order valence-corrected chi connectivity index (χ1v) is 8.72. The first kappa shape index (κ1) is 20.4. The fourth-order valence-electron chi connectivity index (χ4n) is 2.19. The number of aldehydes is 1. The Kier molecular flexibility index (Phi) is 10.4. The van der Waals surface area contributed by atoms with Crippen molar-refractivity contribution in [1.82, 2.24) is 0 Å². The van der Waals surface area contributed by atoms with Gasteiger partial charge < -0.3 is 28.4 Å². The first-order chi connectivity index (χ1) is 12.9. The summed E-state index contributed by atoms with van der Waals surface area (Å²) in [6, 6.07) is 5.50. The average molecular weight is 366 g/mol. The lowest BCUT2D eigenvalue weighted by atomic mass is 10.2. The summed E-state index contributed by atoms with van der Waals surface area (Å²) in [5.74, 6) is 1.22. The van der Waals surface area contributed by atoms with Gasteiger partial charge in [-0.2, -0.15) is 0 Å². The van der Waals surface area contributed by atoms with Gasteiger partial charge in [0.05, 0.1) is 52.9 Å². The van der Waals surface area contributed by atoms with Gasteiger partial charge in [0.2, 0.25) is 0 Å². The molecule has 0 unspecified atom stereocenters. The van der Waals surface area contributed by atoms with Crippen molar-refractivity contribution in [3.05, 3.63) is 29.8 Å². The second-order valence-electron chi connectivity index (χ2n) is 5.35. The third-order valence-corrected chi connectivity index (χ3v) is 3.42. The summed E-state index contributed by atoms with van der Waals surface area (Å²) >= 11 is 0. The van der Waals surface area contributed by atoms with Gasteiger partial charge in [0, 0.05) is 0 Å². The number of rotatable bonds is 2. The molecule has 1 aromatic carbocycles. The molecule has 0 radical (unpaired) electrons. The molecule has 1 aliphatic heterocycles. The van der Waals surface area contributed by atoms with Crippen LogP contribution >= 0.6 is 0 Å². The predicted molar refractivity (Wildman–Crippen MR) is 95.8 cm³/mol. The van der Waals surface area contributed by atoms with Gasteiger partial charge in [-0.25, -0.2) is 0 Å². The van der Waals surface area contributed by atoms with Crippen LogP contribution in [-0.4, -0.2) is 72.4 Å². The molecule has 7 nitrogen and oxygen atoms in total. The summed E-state index contributed by atoms with van der Waals surface area (Å²) in [4.78, 5) is 10.5. The minimum atomic E-state index is 0.386. The molecular weight excluding hydrogens is 340 g/mol. The number of fused-ring (bicyclic) bond motifs is 1. The molecule has 0 N–H and O–H groups in total. The van der Waals surface area contributed by atoms with Gasteiger partial charge in [-0.1, -0.05) is 12.1 Å². The molecule has 2 rings (SSSR count). The lowest BCUT2D eigenvalue weighted by Gasteiger charge is -2.14. The fraction of sp³-hybridized carbons (Fsp3) is 0.526. The van der Waals surface area contributed by atoms with Crippen molar-refractivity contribution >= 4 is 12.4 Å². The number of benzene rings is 1. The summed E-state index contributed by atoms with van der Waals surface area (Å²) in [5.41, 5.74) is 0.851. The molecule has 0 aromatic heterocycles. The third kappa shape index (κ3) is 8.44. The molecule has 0 atom stereocenters. The minimum Gasteiger partial charge on any atom is -0.487 e. The normalized spacial score (nSPS) is 18.8. The molecule has 1 heterocycles. The molecule has 0 aliphatic carbocycles. The van der Waals surface area contributed by atoms with Gasteiger partial charge >= 0.3 is 0 Å². The van der Waals surface area contributed by atoms with Crippen LogP contribution in [0.1, 0.15) is 5.56 Å². The van der Waals surface area contributed by atoms with Crippen molar-refractivity contribution in [2.24, 2.45) is 0 Å². The van der Waals surface area contributed by atoms with Crippen LogP contribution in [0, 0.1) is 0 Å². The van der Waals surface area contributed by atoms with E-state index in [2.05, 4.69) is 0 Å². The Balaban J connectivity index is 1.94. The largest absolute Gasteiger partial charge is 0.487 e. The van der Waals surface area contributed by atoms with Crippen LogP contribution in [0.25, 0.3) is 6.08 Å². The Bertz CT molecular complexity index is 545. The van der Waals surface area contributed by atoms with E-state index < -0.39 is 0 Å². The second kappa shape index (κ2) is 13.3. The molecule has 0 spiro atoms. The molecule has 1 aromatic rings. The fourth-order valence-corrected chi connectivity index (χ4v) is 2.19. The number of carbonyl (C=O) groups excluding carboxylic acids is 1. The van der Waals surface area contributed by atoms with Crippen LogP contribution in [0.15, 0.2) is 24.3 Å². The molecule has 144 valence electrons. The Morgan fingerprint density at radius 2 is 1.15 bits per heavy atom. The van der Waals surface area contributed by atoms with E-state index in [1.807, 2.05) is 18.2 Å². The zero-order chi connectivity index (χ0) is 18.3. The smallest absolute Gasteiger partial charge is 0.161 e. The molecule has 26 heavy (non-hydrogen) atoms. The monoisotopic (exact) mass is 366 g/mol. The Labute approximate surface area is 153 Å². The van der Waals surface area contributed by atoms with Crippen molar-refractivity contribution < 1.29 is 33.2 Å². The van der Waals surface area contributed by atoms with Crippen LogP contribution in [0.3, 0.4) is 0 Å². The van der Waals surface area contributed by atoms with Crippen LogP contribution in [-0.2, 0) is 23.7 Å². The van der Waals surface area contributed by atoms with Crippen molar-refractivity contribution in [2.75, 3.05) is 66.1 Å². The van der Waals surface area contributed by atoms with Gasteiger partial charge in [0.25, 0.3) is 0 Å². The number of hydrogen-bond acceptors (Lipinski definition) is 7. The maximum atomic E-state index is 10.5. The lowest BCUT2D eigenvalue weighted by molar-refractivity contribution is -0.104. The van der Waals surface area contributed by atoms with E-state index in [1.165, 1.54) is 6.08 Å². The highest BCUT2D eigenvalue weighted by molar-refractivity contribution is 5.74. The summed E-state index contributed by atoms with van der Waals surface area (Å²) < 4.78 is 33.3. The van der Waals surface area contributed by atoms with Crippen LogP contribution in [0.2, 0.25) is 0 Å². The zero-order valence-electron chi connectivity index (χ0n) is 14.9. The van der Waals surface area contributed by atoms with E-state index in [-0.39, 0.29) is 0 Å². The van der Waals surface area contributed by atoms with E-state index in [0.717, 1.165) is 11.8 Å². The van der Waals surface area contributed by atoms with Crippen LogP contribution < -0.4 is 9.47 Å². The lowest BCUT2D eigenvalue weighted by Crippen LogP contribution is -2.16. The SMILES string of the molecule is O=C/C=C/c1ccc2c(c1)OCCOCCOCCOCCOCCO2. The predicted octanol–water partition coefficient (Wildman–Crippen LogP) is 1.74. The van der Waals surface area contributed by atoms with E-state index in [4.69, 9.17) is 28.4 Å². The number of ether oxygens (including phenoxy) is 6. The van der Waals surface area contributed by atoms with Crippen LogP contribution in [0.4, 0.5) is 0 Å². The zero-order valence-corrected chi connectivity index (χ0v) is 14.9. The van der Waals surface area contributed by atoms with E-state index >= 15 is 0 Å². The quantitative estimate of drug-likeness (QED) is 0.583. The topological polar surface area (TPSA) is 72.5 Å². The van der Waals surface area contributed by atoms with E-state index in [1.54, 1.807) is 6.08 Å². The van der Waals surface area contributed by atoms with Crippen molar-refractivity contribution in [3.8, 4) is 11.5 Å². The highest BCUT2D eigenvalue weighted by Gasteiger charge is 2.07. The Morgan fingerprint density at radius 3 is 1.69 bits per heavy atom. The first-order valence-electron chi connectivity index (χ1n) is 8.72. The molecule has 0 saturated heterocycles. The molecule has 0 saturated carbocycles. The van der Waals surface area contributed by atoms with Crippen molar-refractivity contribution in [1.29, 1.82) is 0 Å². The summed E-state index contributed by atoms with van der Waals surface area (Å²) in [6.45, 7) is 4.79. The van der Waals surface area contributed by atoms with E-state index in [9.17, 15) is 4.79 Å². The second-order valence-corrected chi connectivity index (χ2v) is 5.35. The van der Waals surface area contributed by atoms with Gasteiger partial charge in [0.15, 0.2) is 11.5 Å². The average Bonchev–Trinajstić information content (AvgIpc) is 2.66. The molecule has 7 heteroatoms. The Morgan fingerprint density at radius 1 is 0.654 bits per heavy atom. The molecule has 0 amide bonds. The maximum Gasteiger partial charge on any atom is 0.161 e. The molecule has 0 fully saturated rings. The number of carbonyl (C=O) groups is 1. The Hall–Kier alpha value is -1.93. The highest BCUT2D eigenvalue weighted by Crippen LogP contribution is 2.29. The van der Waals surface area contributed by atoms with Gasteiger partial charge in [0.1, 0.15) is 19.5 Å². The summed E-state index contributed by atoms with van der Waals surface area (Å²) in [5, 5.41) is 0. The standard InChI is InChI=1S/C19H26O7/c20-5-1-2-17-3-4-18-19(16-17)26-15-13-24-11-9-22-7-6-21-8-10-23-12-14-25-18/h1-5,16H,6-15H2/b2-1+. The molecule has 0 bridgehead atoms. The molecule has 1 aliphatic rings. The highest BCUT2D eigenvalue weighted by atomic mass is 16.6. The van der Waals surface area contributed by atoms with Crippen molar-refractivity contribution in [3.63, 3.8) is 0 Å². The van der Waals surface area contributed by atoms with Gasteiger partial charge in [-0.05, 0) is 23.8 Å². The third-order valence-electron chi connectivity index (χ3n) is 3.42. The maximum absolute atomic E-state index is 10.5. The summed E-state index contributed by atoms with van der Waals surface area (Å²) in [6.07, 6.45) is 3.87. The minimum absolute atomic E-state index is 0.386. The number of hydrogen-bond donors (Lipinski definition) is 0.